The third-order valence-electron chi connectivity index (χ3n) is 5.15. The van der Waals surface area contributed by atoms with E-state index in [-0.39, 0.29) is 6.42 Å². The second-order valence-corrected chi connectivity index (χ2v) is 7.88. The van der Waals surface area contributed by atoms with E-state index in [1.165, 1.54) is 0 Å². The Morgan fingerprint density at radius 3 is 1.93 bits per heavy atom. The van der Waals surface area contributed by atoms with Gasteiger partial charge < -0.3 is 10.4 Å². The zero-order valence-electron chi connectivity index (χ0n) is 15.2. The van der Waals surface area contributed by atoms with Gasteiger partial charge in [0.15, 0.2) is 0 Å². The molecule has 1 aliphatic rings. The van der Waals surface area contributed by atoms with Crippen LogP contribution in [0.5, 0.6) is 0 Å². The number of nitrogens with one attached hydrogen (secondary N) is 1. The molecule has 1 aliphatic carbocycles. The van der Waals surface area contributed by atoms with E-state index in [1.54, 1.807) is 18.2 Å². The van der Waals surface area contributed by atoms with Crippen LogP contribution in [0.15, 0.2) is 66.7 Å². The Hall–Kier alpha value is -2.82. The molecule has 0 aromatic heterocycles. The normalized spacial score (nSPS) is 13.4. The summed E-state index contributed by atoms with van der Waals surface area (Å²) in [5, 5.41) is 13.5. The molecule has 146 valence electrons. The molecule has 3 aromatic carbocycles. The number of aliphatic carboxylic acids is 1. The SMILES string of the molecule is O=C(CC(C(=O)O)C1c2ccccc2-c2ccccc21)Nc1cc(Cl)cc(Cl)c1. The average molecular weight is 426 g/mol. The van der Waals surface area contributed by atoms with Crippen LogP contribution in [0.1, 0.15) is 23.5 Å². The summed E-state index contributed by atoms with van der Waals surface area (Å²) in [5.41, 5.74) is 4.33. The summed E-state index contributed by atoms with van der Waals surface area (Å²) in [6.07, 6.45) is -0.174. The van der Waals surface area contributed by atoms with Gasteiger partial charge in [0.2, 0.25) is 5.91 Å². The van der Waals surface area contributed by atoms with Crippen molar-refractivity contribution >= 4 is 40.8 Å². The maximum atomic E-state index is 12.7. The fourth-order valence-corrected chi connectivity index (χ4v) is 4.54. The molecule has 3 aromatic rings. The highest BCUT2D eigenvalue weighted by molar-refractivity contribution is 6.35. The number of hydrogen-bond donors (Lipinski definition) is 2. The van der Waals surface area contributed by atoms with E-state index in [0.717, 1.165) is 22.3 Å². The van der Waals surface area contributed by atoms with Gasteiger partial charge in [-0.25, -0.2) is 0 Å². The van der Waals surface area contributed by atoms with Crippen molar-refractivity contribution in [3.05, 3.63) is 87.9 Å². The maximum Gasteiger partial charge on any atom is 0.307 e. The molecule has 1 amide bonds. The molecular weight excluding hydrogens is 409 g/mol. The molecule has 0 aliphatic heterocycles. The van der Waals surface area contributed by atoms with Crippen LogP contribution in [0, 0.1) is 5.92 Å². The van der Waals surface area contributed by atoms with Crippen LogP contribution in [0.4, 0.5) is 5.69 Å². The summed E-state index contributed by atoms with van der Waals surface area (Å²) in [6, 6.07) is 20.2. The quantitative estimate of drug-likeness (QED) is 0.539. The lowest BCUT2D eigenvalue weighted by Crippen LogP contribution is -2.27. The zero-order chi connectivity index (χ0) is 20.5. The molecule has 29 heavy (non-hydrogen) atoms. The Kier molecular flexibility index (Phi) is 5.31. The molecule has 2 N–H and O–H groups in total. The minimum absolute atomic E-state index is 0.174. The fourth-order valence-electron chi connectivity index (χ4n) is 4.01. The van der Waals surface area contributed by atoms with Crippen LogP contribution in [0.25, 0.3) is 11.1 Å². The van der Waals surface area contributed by atoms with Crippen molar-refractivity contribution in [3.63, 3.8) is 0 Å². The van der Waals surface area contributed by atoms with Gasteiger partial charge in [-0.15, -0.1) is 0 Å². The van der Waals surface area contributed by atoms with Crippen LogP contribution < -0.4 is 5.32 Å². The van der Waals surface area contributed by atoms with E-state index in [2.05, 4.69) is 5.32 Å². The third kappa shape index (κ3) is 3.86. The van der Waals surface area contributed by atoms with Crippen molar-refractivity contribution in [1.29, 1.82) is 0 Å². The summed E-state index contributed by atoms with van der Waals surface area (Å²) in [6.45, 7) is 0. The minimum atomic E-state index is -1.01. The molecule has 0 saturated heterocycles. The fraction of sp³-hybridized carbons (Fsp3) is 0.130. The van der Waals surface area contributed by atoms with Crippen LogP contribution in [0.3, 0.4) is 0 Å². The molecule has 1 atom stereocenters. The highest BCUT2D eigenvalue weighted by Gasteiger charge is 2.39. The topological polar surface area (TPSA) is 66.4 Å². The molecule has 0 heterocycles. The number of hydrogen-bond acceptors (Lipinski definition) is 2. The summed E-state index contributed by atoms with van der Waals surface area (Å²) < 4.78 is 0. The van der Waals surface area contributed by atoms with E-state index in [0.29, 0.717) is 15.7 Å². The standard InChI is InChI=1S/C23H17Cl2NO3/c24-13-9-14(25)11-15(10-13)26-21(27)12-20(23(28)29)22-18-7-3-1-5-16(18)17-6-2-4-8-19(17)22/h1-11,20,22H,12H2,(H,26,27)(H,28,29). The van der Waals surface area contributed by atoms with Gasteiger partial charge >= 0.3 is 5.97 Å². The monoisotopic (exact) mass is 425 g/mol. The lowest BCUT2D eigenvalue weighted by atomic mass is 9.82. The second kappa shape index (κ2) is 7.90. The van der Waals surface area contributed by atoms with Crippen molar-refractivity contribution < 1.29 is 14.7 Å². The zero-order valence-corrected chi connectivity index (χ0v) is 16.7. The molecule has 1 unspecified atom stereocenters. The predicted octanol–water partition coefficient (Wildman–Crippen LogP) is 5.84. The van der Waals surface area contributed by atoms with Gasteiger partial charge in [-0.3, -0.25) is 9.59 Å². The molecule has 0 bridgehead atoms. The molecule has 0 spiro atoms. The summed E-state index contributed by atoms with van der Waals surface area (Å²) in [7, 11) is 0. The van der Waals surface area contributed by atoms with E-state index in [1.807, 2.05) is 48.5 Å². The number of benzene rings is 3. The molecule has 6 heteroatoms. The number of fused-ring (bicyclic) bond motifs is 3. The number of amides is 1. The van der Waals surface area contributed by atoms with Crippen molar-refractivity contribution in [2.75, 3.05) is 5.32 Å². The number of anilines is 1. The number of rotatable bonds is 5. The van der Waals surface area contributed by atoms with Crippen molar-refractivity contribution in [2.45, 2.75) is 12.3 Å². The van der Waals surface area contributed by atoms with E-state index >= 15 is 0 Å². The van der Waals surface area contributed by atoms with Gasteiger partial charge in [0.25, 0.3) is 0 Å². The number of carboxylic acids is 1. The molecule has 0 saturated carbocycles. The van der Waals surface area contributed by atoms with Crippen molar-refractivity contribution in [2.24, 2.45) is 5.92 Å². The van der Waals surface area contributed by atoms with Gasteiger partial charge in [-0.05, 0) is 40.5 Å². The van der Waals surface area contributed by atoms with Crippen molar-refractivity contribution in [1.82, 2.24) is 0 Å². The Balaban J connectivity index is 1.65. The number of carbonyl (C=O) groups is 2. The Bertz CT molecular complexity index is 1050. The van der Waals surface area contributed by atoms with E-state index < -0.39 is 23.7 Å². The molecule has 0 radical (unpaired) electrons. The van der Waals surface area contributed by atoms with E-state index in [4.69, 9.17) is 23.2 Å². The number of carbonyl (C=O) groups excluding carboxylic acids is 1. The van der Waals surface area contributed by atoms with Gasteiger partial charge in [-0.2, -0.15) is 0 Å². The lowest BCUT2D eigenvalue weighted by Gasteiger charge is -2.22. The third-order valence-corrected chi connectivity index (χ3v) is 5.59. The van der Waals surface area contributed by atoms with Crippen LogP contribution in [-0.4, -0.2) is 17.0 Å². The van der Waals surface area contributed by atoms with Gasteiger partial charge in [0.05, 0.1) is 5.92 Å². The molecule has 0 fully saturated rings. The highest BCUT2D eigenvalue weighted by Crippen LogP contribution is 2.48. The summed E-state index contributed by atoms with van der Waals surface area (Å²) in [4.78, 5) is 24.9. The predicted molar refractivity (Wildman–Crippen MR) is 115 cm³/mol. The summed E-state index contributed by atoms with van der Waals surface area (Å²) in [5.74, 6) is -2.72. The van der Waals surface area contributed by atoms with Crippen LogP contribution in [0.2, 0.25) is 10.0 Å². The number of carboxylic acid groups (broad SMARTS) is 1. The van der Waals surface area contributed by atoms with Crippen LogP contribution >= 0.6 is 23.2 Å². The Morgan fingerprint density at radius 2 is 1.41 bits per heavy atom. The summed E-state index contributed by atoms with van der Waals surface area (Å²) >= 11 is 12.0. The van der Waals surface area contributed by atoms with Crippen LogP contribution in [-0.2, 0) is 9.59 Å². The first-order chi connectivity index (χ1) is 13.9. The van der Waals surface area contributed by atoms with Crippen molar-refractivity contribution in [3.8, 4) is 11.1 Å². The molecular formula is C23H17Cl2NO3. The molecule has 4 rings (SSSR count). The maximum absolute atomic E-state index is 12.7. The smallest absolute Gasteiger partial charge is 0.307 e. The lowest BCUT2D eigenvalue weighted by molar-refractivity contribution is -0.144. The number of halogens is 2. The second-order valence-electron chi connectivity index (χ2n) is 7.01. The van der Waals surface area contributed by atoms with Gasteiger partial charge in [0.1, 0.15) is 0 Å². The minimum Gasteiger partial charge on any atom is -0.481 e. The highest BCUT2D eigenvalue weighted by atomic mass is 35.5. The first kappa shape index (κ1) is 19.5. The Labute approximate surface area is 178 Å². The largest absolute Gasteiger partial charge is 0.481 e. The van der Waals surface area contributed by atoms with E-state index in [9.17, 15) is 14.7 Å². The first-order valence-electron chi connectivity index (χ1n) is 9.11. The Morgan fingerprint density at radius 1 is 0.897 bits per heavy atom. The molecule has 4 nitrogen and oxygen atoms in total. The average Bonchev–Trinajstić information content (AvgIpc) is 2.99. The first-order valence-corrected chi connectivity index (χ1v) is 9.86. The van der Waals surface area contributed by atoms with Gasteiger partial charge in [0, 0.05) is 28.1 Å². The van der Waals surface area contributed by atoms with Gasteiger partial charge in [-0.1, -0.05) is 71.7 Å².